The first-order valence-electron chi connectivity index (χ1n) is 8.70. The maximum atomic E-state index is 4.75. The molecule has 2 saturated heterocycles. The van der Waals surface area contributed by atoms with Crippen LogP contribution in [0.5, 0.6) is 0 Å². The van der Waals surface area contributed by atoms with Gasteiger partial charge in [0.05, 0.1) is 6.20 Å². The lowest BCUT2D eigenvalue weighted by molar-refractivity contribution is 0.312. The molecular weight excluding hydrogens is 318 g/mol. The van der Waals surface area contributed by atoms with Gasteiger partial charge in [-0.3, -0.25) is 0 Å². The molecule has 2 aromatic rings. The highest BCUT2D eigenvalue weighted by molar-refractivity contribution is 5.43. The van der Waals surface area contributed by atoms with Gasteiger partial charge >= 0.3 is 0 Å². The number of rotatable bonds is 3. The van der Waals surface area contributed by atoms with Crippen LogP contribution < -0.4 is 14.7 Å². The molecule has 4 rings (SSSR count). The minimum atomic E-state index is 0.713. The van der Waals surface area contributed by atoms with Gasteiger partial charge in [0, 0.05) is 64.8 Å². The molecule has 0 spiro atoms. The van der Waals surface area contributed by atoms with Gasteiger partial charge in [0.25, 0.3) is 0 Å². The summed E-state index contributed by atoms with van der Waals surface area (Å²) in [4.78, 5) is 22.4. The van der Waals surface area contributed by atoms with Gasteiger partial charge in [0.2, 0.25) is 11.9 Å². The molecular formula is C16H23N9. The van der Waals surface area contributed by atoms with Crippen LogP contribution in [0.1, 0.15) is 0 Å². The first kappa shape index (κ1) is 15.9. The molecule has 0 saturated carbocycles. The average molecular weight is 341 g/mol. The van der Waals surface area contributed by atoms with Gasteiger partial charge in [-0.15, -0.1) is 5.10 Å². The van der Waals surface area contributed by atoms with Crippen LogP contribution in [-0.2, 0) is 0 Å². The van der Waals surface area contributed by atoms with E-state index in [1.54, 1.807) is 18.6 Å². The van der Waals surface area contributed by atoms with E-state index in [1.807, 2.05) is 6.07 Å². The zero-order valence-corrected chi connectivity index (χ0v) is 14.5. The summed E-state index contributed by atoms with van der Waals surface area (Å²) in [7, 11) is 2.15. The van der Waals surface area contributed by atoms with Crippen LogP contribution in [0.25, 0.3) is 0 Å². The minimum Gasteiger partial charge on any atom is -0.353 e. The van der Waals surface area contributed by atoms with Gasteiger partial charge < -0.3 is 19.6 Å². The molecule has 0 aromatic carbocycles. The van der Waals surface area contributed by atoms with Crippen molar-refractivity contribution in [2.75, 3.05) is 74.1 Å². The van der Waals surface area contributed by atoms with Gasteiger partial charge in [-0.25, -0.2) is 9.97 Å². The van der Waals surface area contributed by atoms with E-state index < -0.39 is 0 Å². The molecule has 0 unspecified atom stereocenters. The third-order valence-corrected chi connectivity index (χ3v) is 4.76. The van der Waals surface area contributed by atoms with Gasteiger partial charge in [-0.2, -0.15) is 10.1 Å². The number of likely N-dealkylation sites (N-methyl/N-ethyl adjacent to an activating group) is 1. The summed E-state index contributed by atoms with van der Waals surface area (Å²) in [6.07, 6.45) is 5.32. The largest absolute Gasteiger partial charge is 0.353 e. The quantitative estimate of drug-likeness (QED) is 0.750. The summed E-state index contributed by atoms with van der Waals surface area (Å²) in [5, 5.41) is 8.43. The van der Waals surface area contributed by atoms with E-state index in [0.29, 0.717) is 5.95 Å². The van der Waals surface area contributed by atoms with E-state index >= 15 is 0 Å². The summed E-state index contributed by atoms with van der Waals surface area (Å²) < 4.78 is 0. The molecule has 132 valence electrons. The number of anilines is 3. The fourth-order valence-electron chi connectivity index (χ4n) is 3.17. The van der Waals surface area contributed by atoms with Crippen LogP contribution >= 0.6 is 0 Å². The van der Waals surface area contributed by atoms with Crippen LogP contribution in [0, 0.1) is 0 Å². The van der Waals surface area contributed by atoms with Crippen molar-refractivity contribution in [3.8, 4) is 0 Å². The third kappa shape index (κ3) is 3.60. The van der Waals surface area contributed by atoms with E-state index in [0.717, 1.165) is 64.1 Å². The van der Waals surface area contributed by atoms with Crippen molar-refractivity contribution in [2.24, 2.45) is 0 Å². The standard InChI is InChI=1S/C16H23N9/c1-22-5-7-23(8-6-22)14-13-19-21-16(20-14)25-11-9-24(10-12-25)15-17-3-2-4-18-15/h2-4,13H,5-12H2,1H3. The fourth-order valence-corrected chi connectivity index (χ4v) is 3.17. The van der Waals surface area contributed by atoms with Gasteiger partial charge in [-0.1, -0.05) is 0 Å². The molecule has 25 heavy (non-hydrogen) atoms. The van der Waals surface area contributed by atoms with Crippen molar-refractivity contribution in [3.05, 3.63) is 24.7 Å². The summed E-state index contributed by atoms with van der Waals surface area (Å²) in [6.45, 7) is 7.45. The molecule has 2 aromatic heterocycles. The highest BCUT2D eigenvalue weighted by Gasteiger charge is 2.22. The first-order valence-corrected chi connectivity index (χ1v) is 8.70. The Morgan fingerprint density at radius 3 is 2.04 bits per heavy atom. The van der Waals surface area contributed by atoms with E-state index in [-0.39, 0.29) is 0 Å². The zero-order chi connectivity index (χ0) is 17.1. The first-order chi connectivity index (χ1) is 12.3. The third-order valence-electron chi connectivity index (χ3n) is 4.76. The molecule has 9 nitrogen and oxygen atoms in total. The molecule has 2 fully saturated rings. The maximum Gasteiger partial charge on any atom is 0.247 e. The number of hydrogen-bond donors (Lipinski definition) is 0. The molecule has 0 radical (unpaired) electrons. The molecule has 2 aliphatic heterocycles. The Bertz CT molecular complexity index is 679. The number of nitrogens with zero attached hydrogens (tertiary/aromatic N) is 9. The summed E-state index contributed by atoms with van der Waals surface area (Å²) in [5.74, 6) is 2.42. The Labute approximate surface area is 147 Å². The number of hydrogen-bond acceptors (Lipinski definition) is 9. The maximum absolute atomic E-state index is 4.75. The highest BCUT2D eigenvalue weighted by atomic mass is 15.4. The lowest BCUT2D eigenvalue weighted by Crippen LogP contribution is -2.48. The molecule has 4 heterocycles. The van der Waals surface area contributed by atoms with Crippen molar-refractivity contribution in [1.29, 1.82) is 0 Å². The molecule has 0 amide bonds. The van der Waals surface area contributed by atoms with Crippen molar-refractivity contribution in [3.63, 3.8) is 0 Å². The zero-order valence-electron chi connectivity index (χ0n) is 14.5. The Hall–Kier alpha value is -2.55. The van der Waals surface area contributed by atoms with Gasteiger partial charge in [0.1, 0.15) is 0 Å². The van der Waals surface area contributed by atoms with E-state index in [9.17, 15) is 0 Å². The highest BCUT2D eigenvalue weighted by Crippen LogP contribution is 2.17. The molecule has 0 bridgehead atoms. The summed E-state index contributed by atoms with van der Waals surface area (Å²) in [6, 6.07) is 1.84. The summed E-state index contributed by atoms with van der Waals surface area (Å²) in [5.41, 5.74) is 0. The Morgan fingerprint density at radius 1 is 0.760 bits per heavy atom. The van der Waals surface area contributed by atoms with Crippen molar-refractivity contribution >= 4 is 17.7 Å². The molecule has 0 N–H and O–H groups in total. The van der Waals surface area contributed by atoms with Crippen molar-refractivity contribution in [2.45, 2.75) is 0 Å². The second-order valence-corrected chi connectivity index (χ2v) is 6.43. The van der Waals surface area contributed by atoms with E-state index in [1.165, 1.54) is 0 Å². The lowest BCUT2D eigenvalue weighted by Gasteiger charge is -2.35. The second-order valence-electron chi connectivity index (χ2n) is 6.43. The molecule has 0 aliphatic carbocycles. The minimum absolute atomic E-state index is 0.713. The van der Waals surface area contributed by atoms with Crippen molar-refractivity contribution in [1.82, 2.24) is 30.0 Å². The van der Waals surface area contributed by atoms with Crippen LogP contribution in [0.4, 0.5) is 17.7 Å². The molecule has 2 aliphatic rings. The average Bonchev–Trinajstić information content (AvgIpc) is 2.69. The molecule has 9 heteroatoms. The number of aromatic nitrogens is 5. The van der Waals surface area contributed by atoms with Crippen LogP contribution in [0.3, 0.4) is 0 Å². The Balaban J connectivity index is 1.40. The van der Waals surface area contributed by atoms with Gasteiger partial charge in [-0.05, 0) is 13.1 Å². The lowest BCUT2D eigenvalue weighted by atomic mass is 10.3. The van der Waals surface area contributed by atoms with Crippen LogP contribution in [-0.4, -0.2) is 89.5 Å². The molecule has 0 atom stereocenters. The monoisotopic (exact) mass is 341 g/mol. The Kier molecular flexibility index (Phi) is 4.55. The topological polar surface area (TPSA) is 77.4 Å². The fraction of sp³-hybridized carbons (Fsp3) is 0.562. The normalized spacial score (nSPS) is 19.3. The predicted octanol–water partition coefficient (Wildman–Crippen LogP) is -0.260. The summed E-state index contributed by atoms with van der Waals surface area (Å²) >= 11 is 0. The predicted molar refractivity (Wildman–Crippen MR) is 96.0 cm³/mol. The van der Waals surface area contributed by atoms with Crippen LogP contribution in [0.15, 0.2) is 24.7 Å². The van der Waals surface area contributed by atoms with E-state index in [2.05, 4.69) is 46.8 Å². The van der Waals surface area contributed by atoms with E-state index in [4.69, 9.17) is 4.98 Å². The second kappa shape index (κ2) is 7.14. The van der Waals surface area contributed by atoms with Gasteiger partial charge in [0.15, 0.2) is 5.82 Å². The SMILES string of the molecule is CN1CCN(c2cnnc(N3CCN(c4ncccn4)CC3)n2)CC1. The number of piperazine rings is 2. The van der Waals surface area contributed by atoms with Crippen molar-refractivity contribution < 1.29 is 0 Å². The Morgan fingerprint density at radius 2 is 1.36 bits per heavy atom. The van der Waals surface area contributed by atoms with Crippen LogP contribution in [0.2, 0.25) is 0 Å². The smallest absolute Gasteiger partial charge is 0.247 e.